The van der Waals surface area contributed by atoms with Gasteiger partial charge in [-0.05, 0) is 57.0 Å². The largest absolute Gasteiger partial charge is 0.497 e. The van der Waals surface area contributed by atoms with Crippen LogP contribution in [-0.4, -0.2) is 67.1 Å². The van der Waals surface area contributed by atoms with Crippen LogP contribution in [-0.2, 0) is 16.0 Å². The number of likely N-dealkylation sites (tertiary alicyclic amines) is 1. The van der Waals surface area contributed by atoms with Gasteiger partial charge in [-0.25, -0.2) is 0 Å². The van der Waals surface area contributed by atoms with E-state index in [2.05, 4.69) is 4.90 Å². The maximum absolute atomic E-state index is 12.7. The standard InChI is InChI=1S/C19H29NO5/c1-3-25-18(23)19(12-15-5-4-6-17(11-15)24-2)7-9-20(10-8-19)13-16(22)14-21/h4-6,11,16,21-22H,3,7-10,12-14H2,1-2H3. The molecule has 1 aliphatic heterocycles. The number of ether oxygens (including phenoxy) is 2. The summed E-state index contributed by atoms with van der Waals surface area (Å²) in [6.45, 7) is 3.76. The van der Waals surface area contributed by atoms with Crippen molar-refractivity contribution in [2.75, 3.05) is 40.0 Å². The van der Waals surface area contributed by atoms with Crippen LogP contribution >= 0.6 is 0 Å². The third kappa shape index (κ3) is 5.17. The maximum atomic E-state index is 12.7. The zero-order chi connectivity index (χ0) is 18.3. The monoisotopic (exact) mass is 351 g/mol. The second-order valence-electron chi connectivity index (χ2n) is 6.67. The number of aliphatic hydroxyl groups excluding tert-OH is 2. The van der Waals surface area contributed by atoms with Crippen molar-refractivity contribution in [3.05, 3.63) is 29.8 Å². The van der Waals surface area contributed by atoms with Crippen LogP contribution in [0, 0.1) is 5.41 Å². The molecule has 1 saturated heterocycles. The lowest BCUT2D eigenvalue weighted by Crippen LogP contribution is -2.48. The topological polar surface area (TPSA) is 79.2 Å². The fourth-order valence-electron chi connectivity index (χ4n) is 3.43. The normalized spacial score (nSPS) is 18.6. The van der Waals surface area contributed by atoms with Crippen molar-refractivity contribution in [2.45, 2.75) is 32.3 Å². The highest BCUT2D eigenvalue weighted by Crippen LogP contribution is 2.37. The molecule has 1 aromatic rings. The van der Waals surface area contributed by atoms with Crippen molar-refractivity contribution >= 4 is 5.97 Å². The number of methoxy groups -OCH3 is 1. The summed E-state index contributed by atoms with van der Waals surface area (Å²) in [6.07, 6.45) is 1.20. The van der Waals surface area contributed by atoms with E-state index in [0.717, 1.165) is 11.3 Å². The van der Waals surface area contributed by atoms with Crippen molar-refractivity contribution in [3.8, 4) is 5.75 Å². The number of nitrogens with zero attached hydrogens (tertiary/aromatic N) is 1. The lowest BCUT2D eigenvalue weighted by atomic mass is 9.73. The number of hydrogen-bond acceptors (Lipinski definition) is 6. The van der Waals surface area contributed by atoms with Gasteiger partial charge in [-0.1, -0.05) is 12.1 Å². The van der Waals surface area contributed by atoms with Gasteiger partial charge in [0.15, 0.2) is 0 Å². The van der Waals surface area contributed by atoms with Crippen LogP contribution in [0.3, 0.4) is 0 Å². The zero-order valence-electron chi connectivity index (χ0n) is 15.1. The van der Waals surface area contributed by atoms with E-state index in [0.29, 0.717) is 45.5 Å². The Morgan fingerprint density at radius 2 is 2.08 bits per heavy atom. The van der Waals surface area contributed by atoms with Gasteiger partial charge in [0, 0.05) is 6.54 Å². The van der Waals surface area contributed by atoms with Crippen LogP contribution < -0.4 is 4.74 Å². The first-order valence-corrected chi connectivity index (χ1v) is 8.84. The summed E-state index contributed by atoms with van der Waals surface area (Å²) in [7, 11) is 1.63. The van der Waals surface area contributed by atoms with E-state index in [1.165, 1.54) is 0 Å². The molecule has 25 heavy (non-hydrogen) atoms. The van der Waals surface area contributed by atoms with Crippen molar-refractivity contribution in [3.63, 3.8) is 0 Å². The molecule has 1 fully saturated rings. The van der Waals surface area contributed by atoms with Crippen LogP contribution in [0.2, 0.25) is 0 Å². The average molecular weight is 351 g/mol. The predicted molar refractivity (Wildman–Crippen MR) is 94.5 cm³/mol. The highest BCUT2D eigenvalue weighted by atomic mass is 16.5. The van der Waals surface area contributed by atoms with E-state index < -0.39 is 11.5 Å². The molecular formula is C19H29NO5. The Morgan fingerprint density at radius 1 is 1.36 bits per heavy atom. The maximum Gasteiger partial charge on any atom is 0.312 e. The molecule has 0 radical (unpaired) electrons. The first-order valence-electron chi connectivity index (χ1n) is 8.84. The van der Waals surface area contributed by atoms with Crippen molar-refractivity contribution in [1.29, 1.82) is 0 Å². The lowest BCUT2D eigenvalue weighted by molar-refractivity contribution is -0.158. The number of esters is 1. The van der Waals surface area contributed by atoms with E-state index in [1.807, 2.05) is 31.2 Å². The van der Waals surface area contributed by atoms with Crippen LogP contribution in [0.5, 0.6) is 5.75 Å². The van der Waals surface area contributed by atoms with Crippen molar-refractivity contribution < 1.29 is 24.5 Å². The molecule has 1 aliphatic rings. The van der Waals surface area contributed by atoms with E-state index in [-0.39, 0.29) is 12.6 Å². The molecule has 6 nitrogen and oxygen atoms in total. The number of aliphatic hydroxyl groups is 2. The molecule has 0 saturated carbocycles. The summed E-state index contributed by atoms with van der Waals surface area (Å²) >= 11 is 0. The van der Waals surface area contributed by atoms with Gasteiger partial charge in [0.1, 0.15) is 5.75 Å². The van der Waals surface area contributed by atoms with Crippen molar-refractivity contribution in [2.24, 2.45) is 5.41 Å². The number of rotatable bonds is 8. The summed E-state index contributed by atoms with van der Waals surface area (Å²) in [6, 6.07) is 7.79. The molecule has 0 aliphatic carbocycles. The second kappa shape index (κ2) is 9.17. The van der Waals surface area contributed by atoms with E-state index in [9.17, 15) is 9.90 Å². The van der Waals surface area contributed by atoms with E-state index in [4.69, 9.17) is 14.6 Å². The summed E-state index contributed by atoms with van der Waals surface area (Å²) in [4.78, 5) is 14.8. The zero-order valence-corrected chi connectivity index (χ0v) is 15.1. The van der Waals surface area contributed by atoms with Crippen LogP contribution in [0.4, 0.5) is 0 Å². The van der Waals surface area contributed by atoms with Gasteiger partial charge in [-0.3, -0.25) is 4.79 Å². The molecule has 0 bridgehead atoms. The summed E-state index contributed by atoms with van der Waals surface area (Å²) < 4.78 is 10.7. The Kier molecular flexibility index (Phi) is 7.23. The third-order valence-electron chi connectivity index (χ3n) is 4.88. The Hall–Kier alpha value is -1.63. The molecule has 1 heterocycles. The van der Waals surface area contributed by atoms with Crippen LogP contribution in [0.1, 0.15) is 25.3 Å². The van der Waals surface area contributed by atoms with Crippen LogP contribution in [0.15, 0.2) is 24.3 Å². The molecule has 0 aromatic heterocycles. The minimum atomic E-state index is -0.742. The quantitative estimate of drug-likeness (QED) is 0.686. The Balaban J connectivity index is 2.12. The number of β-amino-alcohol motifs (C(OH)–C–C–N with tert-alkyl or cyclic N) is 1. The molecule has 2 rings (SSSR count). The van der Waals surface area contributed by atoms with Gasteiger partial charge in [-0.15, -0.1) is 0 Å². The first-order chi connectivity index (χ1) is 12.0. The predicted octanol–water partition coefficient (Wildman–Crippen LogP) is 1.24. The Labute approximate surface area is 149 Å². The molecule has 0 spiro atoms. The second-order valence-corrected chi connectivity index (χ2v) is 6.67. The van der Waals surface area contributed by atoms with Gasteiger partial charge < -0.3 is 24.6 Å². The number of benzene rings is 1. The fourth-order valence-corrected chi connectivity index (χ4v) is 3.43. The fraction of sp³-hybridized carbons (Fsp3) is 0.632. The number of carbonyl (C=O) groups excluding carboxylic acids is 1. The molecule has 1 unspecified atom stereocenters. The van der Waals surface area contributed by atoms with Gasteiger partial charge >= 0.3 is 5.97 Å². The van der Waals surface area contributed by atoms with Gasteiger partial charge in [0.05, 0.1) is 31.8 Å². The van der Waals surface area contributed by atoms with E-state index >= 15 is 0 Å². The third-order valence-corrected chi connectivity index (χ3v) is 4.88. The number of hydrogen-bond donors (Lipinski definition) is 2. The lowest BCUT2D eigenvalue weighted by Gasteiger charge is -2.40. The van der Waals surface area contributed by atoms with E-state index in [1.54, 1.807) is 7.11 Å². The summed E-state index contributed by atoms with van der Waals surface area (Å²) in [5.41, 5.74) is 0.500. The van der Waals surface area contributed by atoms with Crippen LogP contribution in [0.25, 0.3) is 0 Å². The highest BCUT2D eigenvalue weighted by Gasteiger charge is 2.42. The number of piperidine rings is 1. The average Bonchev–Trinajstić information content (AvgIpc) is 2.63. The Bertz CT molecular complexity index is 555. The molecule has 6 heteroatoms. The molecule has 1 aromatic carbocycles. The summed E-state index contributed by atoms with van der Waals surface area (Å²) in [5, 5.41) is 18.6. The molecule has 1 atom stereocenters. The first kappa shape index (κ1) is 19.7. The van der Waals surface area contributed by atoms with Gasteiger partial charge in [0.25, 0.3) is 0 Å². The van der Waals surface area contributed by atoms with Gasteiger partial charge in [-0.2, -0.15) is 0 Å². The minimum absolute atomic E-state index is 0.153. The SMILES string of the molecule is CCOC(=O)C1(Cc2cccc(OC)c2)CCN(CC(O)CO)CC1. The van der Waals surface area contributed by atoms with Gasteiger partial charge in [0.2, 0.25) is 0 Å². The number of carbonyl (C=O) groups is 1. The Morgan fingerprint density at radius 3 is 2.68 bits per heavy atom. The molecular weight excluding hydrogens is 322 g/mol. The smallest absolute Gasteiger partial charge is 0.312 e. The molecule has 0 amide bonds. The summed E-state index contributed by atoms with van der Waals surface area (Å²) in [5.74, 6) is 0.625. The minimum Gasteiger partial charge on any atom is -0.497 e. The van der Waals surface area contributed by atoms with Crippen molar-refractivity contribution in [1.82, 2.24) is 4.90 Å². The molecule has 140 valence electrons. The molecule has 2 N–H and O–H groups in total. The highest BCUT2D eigenvalue weighted by molar-refractivity contribution is 5.77.